The van der Waals surface area contributed by atoms with Gasteiger partial charge in [0.15, 0.2) is 0 Å². The first kappa shape index (κ1) is 23.3. The van der Waals surface area contributed by atoms with Gasteiger partial charge in [0.25, 0.3) is 0 Å². The van der Waals surface area contributed by atoms with E-state index in [2.05, 4.69) is 11.6 Å². The van der Waals surface area contributed by atoms with Gasteiger partial charge in [-0.3, -0.25) is 4.98 Å². The molecule has 1 aromatic heterocycles. The van der Waals surface area contributed by atoms with Gasteiger partial charge >= 0.3 is 6.09 Å². The largest absolute Gasteiger partial charge is 0.444 e. The fourth-order valence-electron chi connectivity index (χ4n) is 3.33. The van der Waals surface area contributed by atoms with Crippen molar-refractivity contribution < 1.29 is 17.9 Å². The van der Waals surface area contributed by atoms with E-state index in [1.165, 1.54) is 0 Å². The van der Waals surface area contributed by atoms with E-state index in [4.69, 9.17) is 4.74 Å². The Hall–Kier alpha value is -1.93. The lowest BCUT2D eigenvalue weighted by Gasteiger charge is -2.30. The normalized spacial score (nSPS) is 18.3. The molecule has 0 unspecified atom stereocenters. The Morgan fingerprint density at radius 2 is 2.10 bits per heavy atom. The second kappa shape index (κ2) is 10.2. The van der Waals surface area contributed by atoms with Gasteiger partial charge in [0.1, 0.15) is 5.60 Å². The minimum absolute atomic E-state index is 0.0234. The molecule has 2 rings (SSSR count). The number of allylic oxidation sites excluding steroid dienone is 1. The van der Waals surface area contributed by atoms with Crippen LogP contribution in [0.5, 0.6) is 0 Å². The summed E-state index contributed by atoms with van der Waals surface area (Å²) in [6.07, 6.45) is 5.33. The zero-order chi connectivity index (χ0) is 21.5. The lowest BCUT2D eigenvalue weighted by Crippen LogP contribution is -2.42. The molecule has 1 amide bonds. The van der Waals surface area contributed by atoms with Crippen LogP contribution in [0, 0.1) is 0 Å². The van der Waals surface area contributed by atoms with Gasteiger partial charge < -0.3 is 9.64 Å². The van der Waals surface area contributed by atoms with Crippen molar-refractivity contribution in [1.29, 1.82) is 0 Å². The SMILES string of the molecule is C=CCCS(=O)(=O)N(Cc1ccccn1)[C@@H]1CCCN(C(=O)OC(C)(C)C)CC1. The summed E-state index contributed by atoms with van der Waals surface area (Å²) < 4.78 is 33.2. The summed E-state index contributed by atoms with van der Waals surface area (Å²) in [4.78, 5) is 18.4. The molecule has 8 heteroatoms. The molecule has 1 fully saturated rings. The number of nitrogens with zero attached hydrogens (tertiary/aromatic N) is 3. The monoisotopic (exact) mass is 423 g/mol. The van der Waals surface area contributed by atoms with E-state index < -0.39 is 15.6 Å². The zero-order valence-corrected chi connectivity index (χ0v) is 18.5. The smallest absolute Gasteiger partial charge is 0.410 e. The quantitative estimate of drug-likeness (QED) is 0.626. The predicted octanol–water partition coefficient (Wildman–Crippen LogP) is 3.58. The fraction of sp³-hybridized carbons (Fsp3) is 0.619. The van der Waals surface area contributed by atoms with Gasteiger partial charge in [-0.1, -0.05) is 12.1 Å². The number of carbonyl (C=O) groups excluding carboxylic acids is 1. The molecule has 1 aromatic rings. The van der Waals surface area contributed by atoms with Gasteiger partial charge in [-0.2, -0.15) is 4.31 Å². The van der Waals surface area contributed by atoms with Crippen LogP contribution >= 0.6 is 0 Å². The van der Waals surface area contributed by atoms with E-state index >= 15 is 0 Å². The maximum absolute atomic E-state index is 13.1. The van der Waals surface area contributed by atoms with Crippen molar-refractivity contribution in [3.8, 4) is 0 Å². The Balaban J connectivity index is 2.16. The molecule has 1 saturated heterocycles. The third kappa shape index (κ3) is 7.44. The first-order chi connectivity index (χ1) is 13.6. The summed E-state index contributed by atoms with van der Waals surface area (Å²) in [6, 6.07) is 5.32. The molecule has 1 atom stereocenters. The van der Waals surface area contributed by atoms with Crippen molar-refractivity contribution in [1.82, 2.24) is 14.2 Å². The number of sulfonamides is 1. The number of likely N-dealkylation sites (tertiary alicyclic amines) is 1. The molecule has 2 heterocycles. The highest BCUT2D eigenvalue weighted by Gasteiger charge is 2.33. The summed E-state index contributed by atoms with van der Waals surface area (Å²) in [5.74, 6) is 0.0234. The minimum Gasteiger partial charge on any atom is -0.444 e. The molecule has 162 valence electrons. The fourth-order valence-corrected chi connectivity index (χ4v) is 5.02. The third-order valence-corrected chi connectivity index (χ3v) is 6.63. The summed E-state index contributed by atoms with van der Waals surface area (Å²) in [5, 5.41) is 0. The topological polar surface area (TPSA) is 79.8 Å². The molecule has 0 bridgehead atoms. The van der Waals surface area contributed by atoms with E-state index in [1.54, 1.807) is 21.5 Å². The van der Waals surface area contributed by atoms with E-state index in [0.717, 1.165) is 6.42 Å². The molecular formula is C21H33N3O4S. The molecule has 0 radical (unpaired) electrons. The number of rotatable bonds is 7. The summed E-state index contributed by atoms with van der Waals surface area (Å²) in [5.41, 5.74) is 0.157. The maximum Gasteiger partial charge on any atom is 0.410 e. The third-order valence-electron chi connectivity index (χ3n) is 4.74. The van der Waals surface area contributed by atoms with Crippen LogP contribution in [-0.2, 0) is 21.3 Å². The van der Waals surface area contributed by atoms with Gasteiger partial charge in [-0.25, -0.2) is 13.2 Å². The van der Waals surface area contributed by atoms with Crippen LogP contribution in [0.15, 0.2) is 37.1 Å². The van der Waals surface area contributed by atoms with Crippen LogP contribution in [0.25, 0.3) is 0 Å². The summed E-state index contributed by atoms with van der Waals surface area (Å²) in [7, 11) is -3.48. The van der Waals surface area contributed by atoms with Gasteiger partial charge in [0.05, 0.1) is 18.0 Å². The first-order valence-electron chi connectivity index (χ1n) is 10.1. The first-order valence-corrected chi connectivity index (χ1v) is 11.7. The van der Waals surface area contributed by atoms with Gasteiger partial charge in [0.2, 0.25) is 10.0 Å². The van der Waals surface area contributed by atoms with Gasteiger partial charge in [-0.05, 0) is 58.6 Å². The van der Waals surface area contributed by atoms with E-state index in [1.807, 2.05) is 39.0 Å². The lowest BCUT2D eigenvalue weighted by atomic mass is 10.1. The van der Waals surface area contributed by atoms with E-state index in [0.29, 0.717) is 38.0 Å². The molecular weight excluding hydrogens is 390 g/mol. The predicted molar refractivity (Wildman–Crippen MR) is 114 cm³/mol. The van der Waals surface area contributed by atoms with Crippen molar-refractivity contribution in [3.63, 3.8) is 0 Å². The minimum atomic E-state index is -3.48. The molecule has 0 aromatic carbocycles. The molecule has 29 heavy (non-hydrogen) atoms. The Bertz CT molecular complexity index is 775. The summed E-state index contributed by atoms with van der Waals surface area (Å²) in [6.45, 7) is 10.4. The van der Waals surface area contributed by atoms with Crippen molar-refractivity contribution in [2.75, 3.05) is 18.8 Å². The number of amides is 1. The van der Waals surface area contributed by atoms with Crippen molar-refractivity contribution in [3.05, 3.63) is 42.7 Å². The number of hydrogen-bond donors (Lipinski definition) is 0. The van der Waals surface area contributed by atoms with Crippen molar-refractivity contribution >= 4 is 16.1 Å². The van der Waals surface area contributed by atoms with Crippen LogP contribution in [0.1, 0.15) is 52.1 Å². The highest BCUT2D eigenvalue weighted by atomic mass is 32.2. The van der Waals surface area contributed by atoms with Crippen LogP contribution < -0.4 is 0 Å². The number of hydrogen-bond acceptors (Lipinski definition) is 5. The van der Waals surface area contributed by atoms with E-state index in [9.17, 15) is 13.2 Å². The van der Waals surface area contributed by atoms with Gasteiger partial charge in [-0.15, -0.1) is 6.58 Å². The Morgan fingerprint density at radius 3 is 2.72 bits per heavy atom. The molecule has 1 aliphatic heterocycles. The van der Waals surface area contributed by atoms with E-state index in [-0.39, 0.29) is 24.4 Å². The lowest BCUT2D eigenvalue weighted by molar-refractivity contribution is 0.0255. The van der Waals surface area contributed by atoms with Crippen LogP contribution in [0.4, 0.5) is 4.79 Å². The van der Waals surface area contributed by atoms with Crippen molar-refractivity contribution in [2.45, 2.75) is 64.6 Å². The number of aromatic nitrogens is 1. The molecule has 0 N–H and O–H groups in total. The van der Waals surface area contributed by atoms with Crippen molar-refractivity contribution in [2.24, 2.45) is 0 Å². The number of pyridine rings is 1. The Labute approximate surface area is 174 Å². The highest BCUT2D eigenvalue weighted by molar-refractivity contribution is 7.89. The standard InChI is InChI=1S/C21H33N3O4S/c1-5-6-16-29(26,27)24(17-18-10-7-8-13-22-18)19-11-9-14-23(15-12-19)20(25)28-21(2,3)4/h5,7-8,10,13,19H,1,6,9,11-12,14-17H2,2-4H3/t19-/m1/s1. The van der Waals surface area contributed by atoms with Gasteiger partial charge in [0, 0.05) is 25.3 Å². The molecule has 0 spiro atoms. The second-order valence-corrected chi connectivity index (χ2v) is 10.4. The van der Waals surface area contributed by atoms with Crippen LogP contribution in [0.3, 0.4) is 0 Å². The average molecular weight is 424 g/mol. The highest BCUT2D eigenvalue weighted by Crippen LogP contribution is 2.24. The number of carbonyl (C=O) groups is 1. The number of ether oxygens (including phenoxy) is 1. The molecule has 0 saturated carbocycles. The van der Waals surface area contributed by atoms with Crippen LogP contribution in [-0.4, -0.2) is 59.2 Å². The second-order valence-electron chi connectivity index (χ2n) is 8.31. The average Bonchev–Trinajstić information content (AvgIpc) is 2.90. The summed E-state index contributed by atoms with van der Waals surface area (Å²) >= 11 is 0. The Morgan fingerprint density at radius 1 is 1.34 bits per heavy atom. The molecule has 0 aliphatic carbocycles. The molecule has 1 aliphatic rings. The van der Waals surface area contributed by atoms with Crippen LogP contribution in [0.2, 0.25) is 0 Å². The maximum atomic E-state index is 13.1. The Kier molecular flexibility index (Phi) is 8.22. The zero-order valence-electron chi connectivity index (χ0n) is 17.7. The molecule has 7 nitrogen and oxygen atoms in total.